The first kappa shape index (κ1) is 29.3. The number of nitrogens with zero attached hydrogens (tertiary/aromatic N) is 1. The molecule has 8 heteroatoms. The van der Waals surface area contributed by atoms with Gasteiger partial charge in [0.1, 0.15) is 5.75 Å². The standard InChI is InChI=1S/C33H36BrNO6/c1-20-16-25-31(33(40)35(32(25)39)15-7-3-6-10-29(37)38)26-19-41-28(30(20)26)14-11-22(21-8-4-2-5-9-21)17-23-18-24(34)12-13-27(23)36/h2,4-5,8-9,12-13,17-18,25-26,28,31,36H,3,6-7,10-11,14-16,19H2,1H3,(H,37,38)/b22-17-/t25-,26+,28-,31-/m1/s1. The summed E-state index contributed by atoms with van der Waals surface area (Å²) in [6, 6.07) is 15.5. The number of unbranched alkanes of at least 4 members (excludes halogenated alkanes) is 2. The zero-order valence-corrected chi connectivity index (χ0v) is 24.8. The van der Waals surface area contributed by atoms with Crippen LogP contribution in [0.25, 0.3) is 11.6 Å². The summed E-state index contributed by atoms with van der Waals surface area (Å²) in [5, 5.41) is 19.3. The van der Waals surface area contributed by atoms with Gasteiger partial charge in [-0.25, -0.2) is 0 Å². The minimum atomic E-state index is -0.827. The van der Waals surface area contributed by atoms with Gasteiger partial charge in [-0.3, -0.25) is 19.3 Å². The fourth-order valence-corrected chi connectivity index (χ4v) is 7.08. The summed E-state index contributed by atoms with van der Waals surface area (Å²) in [5.41, 5.74) is 5.22. The largest absolute Gasteiger partial charge is 0.507 e. The number of halogens is 1. The topological polar surface area (TPSA) is 104 Å². The second-order valence-corrected chi connectivity index (χ2v) is 12.2. The highest BCUT2D eigenvalue weighted by atomic mass is 79.9. The van der Waals surface area contributed by atoms with Crippen LogP contribution < -0.4 is 0 Å². The van der Waals surface area contributed by atoms with Crippen LogP contribution in [0.4, 0.5) is 0 Å². The van der Waals surface area contributed by atoms with Crippen molar-refractivity contribution in [2.24, 2.45) is 17.8 Å². The van der Waals surface area contributed by atoms with Gasteiger partial charge in [0.15, 0.2) is 0 Å². The number of benzene rings is 2. The monoisotopic (exact) mass is 621 g/mol. The minimum absolute atomic E-state index is 0.0921. The van der Waals surface area contributed by atoms with Crippen LogP contribution in [0.1, 0.15) is 63.0 Å². The fourth-order valence-electron chi connectivity index (χ4n) is 6.71. The molecule has 0 aromatic heterocycles. The molecule has 2 fully saturated rings. The van der Waals surface area contributed by atoms with Crippen molar-refractivity contribution < 1.29 is 29.3 Å². The number of carbonyl (C=O) groups excluding carboxylic acids is 2. The molecule has 7 nitrogen and oxygen atoms in total. The number of hydrogen-bond acceptors (Lipinski definition) is 5. The van der Waals surface area contributed by atoms with Gasteiger partial charge in [0.2, 0.25) is 11.8 Å². The van der Waals surface area contributed by atoms with Crippen molar-refractivity contribution >= 4 is 45.4 Å². The molecule has 2 amide bonds. The first-order valence-electron chi connectivity index (χ1n) is 14.4. The number of amides is 2. The molecule has 41 heavy (non-hydrogen) atoms. The number of allylic oxidation sites excluding steroid dienone is 2. The number of carboxylic acids is 1. The van der Waals surface area contributed by atoms with Crippen molar-refractivity contribution in [2.75, 3.05) is 13.2 Å². The van der Waals surface area contributed by atoms with Crippen LogP contribution in [0.3, 0.4) is 0 Å². The van der Waals surface area contributed by atoms with Gasteiger partial charge in [-0.05, 0) is 80.0 Å². The summed E-state index contributed by atoms with van der Waals surface area (Å²) in [6.45, 7) is 2.85. The van der Waals surface area contributed by atoms with Gasteiger partial charge in [0, 0.05) is 28.9 Å². The highest BCUT2D eigenvalue weighted by Crippen LogP contribution is 2.50. The molecule has 0 saturated carbocycles. The smallest absolute Gasteiger partial charge is 0.303 e. The second kappa shape index (κ2) is 12.7. The summed E-state index contributed by atoms with van der Waals surface area (Å²) in [5.74, 6) is -1.62. The predicted molar refractivity (Wildman–Crippen MR) is 160 cm³/mol. The number of hydrogen-bond donors (Lipinski definition) is 2. The SMILES string of the molecule is CC1=C2[C@@H](CC/C(=C/c3cc(Br)ccc3O)c3ccccc3)OC[C@@H]2[C@@H]2C(=O)N(CCCCCC(=O)O)C(=O)[C@@H]2C1. The Bertz CT molecular complexity index is 1380. The molecule has 0 bridgehead atoms. The van der Waals surface area contributed by atoms with E-state index < -0.39 is 5.97 Å². The zero-order valence-electron chi connectivity index (χ0n) is 23.2. The molecule has 2 aromatic rings. The number of phenolic OH excluding ortho intramolecular Hbond substituents is 1. The van der Waals surface area contributed by atoms with Crippen molar-refractivity contribution in [2.45, 2.75) is 58.0 Å². The van der Waals surface area contributed by atoms with E-state index in [1.54, 1.807) is 6.07 Å². The van der Waals surface area contributed by atoms with Crippen molar-refractivity contribution in [3.8, 4) is 5.75 Å². The number of carboxylic acid groups (broad SMARTS) is 1. The van der Waals surface area contributed by atoms with E-state index in [-0.39, 0.29) is 47.8 Å². The Kier molecular flexibility index (Phi) is 9.09. The molecule has 1 aliphatic carbocycles. The molecule has 2 N–H and O–H groups in total. The van der Waals surface area contributed by atoms with Crippen molar-refractivity contribution in [1.29, 1.82) is 0 Å². The Morgan fingerprint density at radius 2 is 1.83 bits per heavy atom. The quantitative estimate of drug-likeness (QED) is 0.129. The van der Waals surface area contributed by atoms with Crippen LogP contribution in [0.5, 0.6) is 5.75 Å². The number of likely N-dealkylation sites (tertiary alicyclic amines) is 1. The van der Waals surface area contributed by atoms with E-state index in [4.69, 9.17) is 9.84 Å². The molecule has 2 heterocycles. The van der Waals surface area contributed by atoms with E-state index in [0.717, 1.165) is 33.2 Å². The summed E-state index contributed by atoms with van der Waals surface area (Å²) in [6.07, 6.45) is 5.85. The van der Waals surface area contributed by atoms with Gasteiger partial charge in [-0.15, -0.1) is 0 Å². The lowest BCUT2D eigenvalue weighted by molar-refractivity contribution is -0.141. The number of imide groups is 1. The summed E-state index contributed by atoms with van der Waals surface area (Å²) >= 11 is 3.50. The molecule has 3 aliphatic rings. The van der Waals surface area contributed by atoms with E-state index in [0.29, 0.717) is 45.3 Å². The van der Waals surface area contributed by atoms with Crippen molar-refractivity contribution in [1.82, 2.24) is 4.90 Å². The molecule has 5 rings (SSSR count). The van der Waals surface area contributed by atoms with Crippen LogP contribution in [0.2, 0.25) is 0 Å². The second-order valence-electron chi connectivity index (χ2n) is 11.3. The van der Waals surface area contributed by atoms with Gasteiger partial charge >= 0.3 is 5.97 Å². The number of aromatic hydroxyl groups is 1. The van der Waals surface area contributed by atoms with Gasteiger partial charge < -0.3 is 14.9 Å². The van der Waals surface area contributed by atoms with E-state index in [1.807, 2.05) is 36.4 Å². The lowest BCUT2D eigenvalue weighted by Crippen LogP contribution is -2.34. The molecular formula is C33H36BrNO6. The third kappa shape index (κ3) is 6.33. The van der Waals surface area contributed by atoms with Crippen LogP contribution in [0.15, 0.2) is 64.1 Å². The average molecular weight is 623 g/mol. The maximum absolute atomic E-state index is 13.5. The van der Waals surface area contributed by atoms with E-state index in [9.17, 15) is 19.5 Å². The first-order chi connectivity index (χ1) is 19.7. The highest BCUT2D eigenvalue weighted by Gasteiger charge is 2.56. The first-order valence-corrected chi connectivity index (χ1v) is 15.2. The Hall–Kier alpha value is -3.23. The number of ether oxygens (including phenoxy) is 1. The third-order valence-electron chi connectivity index (χ3n) is 8.66. The molecule has 4 atom stereocenters. The van der Waals surface area contributed by atoms with Crippen LogP contribution in [-0.4, -0.2) is 52.2 Å². The van der Waals surface area contributed by atoms with Gasteiger partial charge in [0.25, 0.3) is 0 Å². The third-order valence-corrected chi connectivity index (χ3v) is 9.15. The Morgan fingerprint density at radius 1 is 1.05 bits per heavy atom. The minimum Gasteiger partial charge on any atom is -0.507 e. The molecule has 216 valence electrons. The molecule has 0 spiro atoms. The zero-order chi connectivity index (χ0) is 29.1. The van der Waals surface area contributed by atoms with Crippen LogP contribution in [-0.2, 0) is 19.1 Å². The van der Waals surface area contributed by atoms with Gasteiger partial charge in [-0.2, -0.15) is 0 Å². The average Bonchev–Trinajstić information content (AvgIpc) is 3.48. The van der Waals surface area contributed by atoms with Gasteiger partial charge in [0.05, 0.1) is 24.5 Å². The number of fused-ring (bicyclic) bond motifs is 3. The fraction of sp³-hybridized carbons (Fsp3) is 0.424. The number of rotatable bonds is 11. The number of carbonyl (C=O) groups is 3. The van der Waals surface area contributed by atoms with Crippen LogP contribution >= 0.6 is 15.9 Å². The van der Waals surface area contributed by atoms with E-state index in [2.05, 4.69) is 35.0 Å². The number of phenols is 1. The molecule has 2 aromatic carbocycles. The Balaban J connectivity index is 1.30. The van der Waals surface area contributed by atoms with E-state index in [1.165, 1.54) is 10.5 Å². The highest BCUT2D eigenvalue weighted by molar-refractivity contribution is 9.10. The lowest BCUT2D eigenvalue weighted by atomic mass is 9.70. The predicted octanol–water partition coefficient (Wildman–Crippen LogP) is 6.46. The van der Waals surface area contributed by atoms with Gasteiger partial charge in [-0.1, -0.05) is 58.3 Å². The number of aliphatic carboxylic acids is 1. The maximum atomic E-state index is 13.5. The molecule has 2 saturated heterocycles. The van der Waals surface area contributed by atoms with Crippen LogP contribution in [0, 0.1) is 17.8 Å². The maximum Gasteiger partial charge on any atom is 0.303 e. The van der Waals surface area contributed by atoms with Crippen molar-refractivity contribution in [3.63, 3.8) is 0 Å². The Labute approximate surface area is 249 Å². The van der Waals surface area contributed by atoms with Crippen molar-refractivity contribution in [3.05, 3.63) is 75.3 Å². The summed E-state index contributed by atoms with van der Waals surface area (Å²) in [4.78, 5) is 38.9. The summed E-state index contributed by atoms with van der Waals surface area (Å²) < 4.78 is 7.22. The normalized spacial score (nSPS) is 24.1. The molecule has 0 unspecified atom stereocenters. The Morgan fingerprint density at radius 3 is 2.59 bits per heavy atom. The lowest BCUT2D eigenvalue weighted by Gasteiger charge is -2.30. The summed E-state index contributed by atoms with van der Waals surface area (Å²) in [7, 11) is 0. The molecular weight excluding hydrogens is 586 g/mol. The van der Waals surface area contributed by atoms with E-state index >= 15 is 0 Å². The molecule has 0 radical (unpaired) electrons. The molecule has 2 aliphatic heterocycles.